The number of carbonyl (C=O) groups excluding carboxylic acids is 1. The number of amides is 1. The van der Waals surface area contributed by atoms with Gasteiger partial charge in [0.15, 0.2) is 0 Å². The maximum absolute atomic E-state index is 11.9. The number of anilines is 1. The molecule has 0 saturated heterocycles. The van der Waals surface area contributed by atoms with Gasteiger partial charge < -0.3 is 5.32 Å². The lowest BCUT2D eigenvalue weighted by Gasteiger charge is -2.06. The topological polar surface area (TPSA) is 46.9 Å². The predicted molar refractivity (Wildman–Crippen MR) is 67.6 cm³/mol. The Morgan fingerprint density at radius 1 is 1.29 bits per heavy atom. The molecule has 0 saturated carbocycles. The number of benzene rings is 1. The smallest absolute Gasteiger partial charge is 0.256 e. The molecule has 0 unspecified atom stereocenters. The van der Waals surface area contributed by atoms with Crippen molar-refractivity contribution in [2.45, 2.75) is 0 Å². The molecule has 2 rings (SSSR count). The maximum Gasteiger partial charge on any atom is 0.256 e. The lowest BCUT2D eigenvalue weighted by atomic mass is 10.2. The Morgan fingerprint density at radius 3 is 2.47 bits per heavy atom. The molecule has 0 fully saturated rings. The lowest BCUT2D eigenvalue weighted by Crippen LogP contribution is -2.14. The molecule has 0 spiro atoms. The van der Waals surface area contributed by atoms with E-state index in [0.29, 0.717) is 21.4 Å². The largest absolute Gasteiger partial charge is 0.307 e. The highest BCUT2D eigenvalue weighted by Crippen LogP contribution is 2.19. The minimum absolute atomic E-state index is 0.280. The molecule has 0 radical (unpaired) electrons. The lowest BCUT2D eigenvalue weighted by molar-refractivity contribution is 0.102. The summed E-state index contributed by atoms with van der Waals surface area (Å²) in [5.74, 6) is 0.323. The average molecular weight is 270 g/mol. The summed E-state index contributed by atoms with van der Waals surface area (Å²) in [5.41, 5.74) is 0.406. The Balaban J connectivity index is 2.23. The van der Waals surface area contributed by atoms with Crippen molar-refractivity contribution in [3.63, 3.8) is 0 Å². The first-order chi connectivity index (χ1) is 8.06. The second kappa shape index (κ2) is 4.77. The Bertz CT molecular complexity index is 545. The third-order valence-corrected chi connectivity index (χ3v) is 2.62. The number of aryl methyl sites for hydroxylation is 1. The minimum Gasteiger partial charge on any atom is -0.307 e. The fourth-order valence-corrected chi connectivity index (χ4v) is 1.90. The highest BCUT2D eigenvalue weighted by Gasteiger charge is 2.09. The van der Waals surface area contributed by atoms with Gasteiger partial charge in [-0.15, -0.1) is 0 Å². The van der Waals surface area contributed by atoms with Crippen molar-refractivity contribution in [1.82, 2.24) is 9.78 Å². The number of nitrogens with one attached hydrogen (secondary N) is 1. The van der Waals surface area contributed by atoms with Crippen LogP contribution in [-0.4, -0.2) is 15.7 Å². The van der Waals surface area contributed by atoms with Gasteiger partial charge >= 0.3 is 0 Å². The quantitative estimate of drug-likeness (QED) is 0.911. The van der Waals surface area contributed by atoms with Gasteiger partial charge in [-0.2, -0.15) is 5.10 Å². The second-order valence-electron chi connectivity index (χ2n) is 3.45. The van der Waals surface area contributed by atoms with Gasteiger partial charge in [-0.3, -0.25) is 9.48 Å². The summed E-state index contributed by atoms with van der Waals surface area (Å²) >= 11 is 11.7. The summed E-state index contributed by atoms with van der Waals surface area (Å²) < 4.78 is 1.56. The van der Waals surface area contributed by atoms with Crippen LogP contribution in [0.25, 0.3) is 0 Å². The van der Waals surface area contributed by atoms with Crippen LogP contribution in [0.1, 0.15) is 10.4 Å². The number of hydrogen-bond donors (Lipinski definition) is 1. The second-order valence-corrected chi connectivity index (χ2v) is 4.33. The SMILES string of the molecule is Cn1nccc1NC(=O)c1cc(Cl)cc(Cl)c1. The van der Waals surface area contributed by atoms with E-state index in [9.17, 15) is 4.79 Å². The van der Waals surface area contributed by atoms with E-state index in [4.69, 9.17) is 23.2 Å². The fraction of sp³-hybridized carbons (Fsp3) is 0.0909. The molecule has 0 atom stereocenters. The van der Waals surface area contributed by atoms with E-state index in [1.807, 2.05) is 0 Å². The van der Waals surface area contributed by atoms with E-state index in [1.165, 1.54) is 0 Å². The number of carbonyl (C=O) groups is 1. The number of halogens is 2. The first kappa shape index (κ1) is 12.0. The fourth-order valence-electron chi connectivity index (χ4n) is 1.37. The molecule has 1 heterocycles. The van der Waals surface area contributed by atoms with E-state index in [-0.39, 0.29) is 5.91 Å². The van der Waals surface area contributed by atoms with Gasteiger partial charge in [-0.25, -0.2) is 0 Å². The van der Waals surface area contributed by atoms with Gasteiger partial charge in [-0.05, 0) is 18.2 Å². The van der Waals surface area contributed by atoms with Crippen molar-refractivity contribution in [3.05, 3.63) is 46.1 Å². The Labute approximate surface area is 108 Å². The molecule has 1 N–H and O–H groups in total. The molecule has 0 bridgehead atoms. The van der Waals surface area contributed by atoms with Crippen LogP contribution in [0.4, 0.5) is 5.82 Å². The van der Waals surface area contributed by atoms with Crippen molar-refractivity contribution in [2.75, 3.05) is 5.32 Å². The van der Waals surface area contributed by atoms with Gasteiger partial charge in [0.25, 0.3) is 5.91 Å². The summed E-state index contributed by atoms with van der Waals surface area (Å²) in [4.78, 5) is 11.9. The van der Waals surface area contributed by atoms with Crippen molar-refractivity contribution >= 4 is 34.9 Å². The van der Waals surface area contributed by atoms with Gasteiger partial charge in [-0.1, -0.05) is 23.2 Å². The van der Waals surface area contributed by atoms with E-state index in [1.54, 1.807) is 42.2 Å². The molecule has 2 aromatic rings. The zero-order valence-corrected chi connectivity index (χ0v) is 10.5. The first-order valence-corrected chi connectivity index (χ1v) is 5.57. The van der Waals surface area contributed by atoms with Gasteiger partial charge in [0, 0.05) is 28.7 Å². The zero-order valence-electron chi connectivity index (χ0n) is 8.95. The number of aromatic nitrogens is 2. The van der Waals surface area contributed by atoms with Crippen LogP contribution in [0, 0.1) is 0 Å². The predicted octanol–water partition coefficient (Wildman–Crippen LogP) is 2.98. The highest BCUT2D eigenvalue weighted by molar-refractivity contribution is 6.35. The maximum atomic E-state index is 11.9. The molecular formula is C11H9Cl2N3O. The van der Waals surface area contributed by atoms with Crippen LogP contribution in [-0.2, 0) is 7.05 Å². The molecule has 17 heavy (non-hydrogen) atoms. The monoisotopic (exact) mass is 269 g/mol. The van der Waals surface area contributed by atoms with Crippen molar-refractivity contribution in [3.8, 4) is 0 Å². The van der Waals surface area contributed by atoms with E-state index in [0.717, 1.165) is 0 Å². The van der Waals surface area contributed by atoms with Crippen molar-refractivity contribution in [1.29, 1.82) is 0 Å². The average Bonchev–Trinajstić information content (AvgIpc) is 2.63. The molecule has 1 aromatic carbocycles. The van der Waals surface area contributed by atoms with Crippen molar-refractivity contribution < 1.29 is 4.79 Å². The first-order valence-electron chi connectivity index (χ1n) is 4.82. The molecule has 0 aliphatic rings. The Morgan fingerprint density at radius 2 is 1.94 bits per heavy atom. The van der Waals surface area contributed by atoms with Gasteiger partial charge in [0.05, 0.1) is 6.20 Å². The standard InChI is InChI=1S/C11H9Cl2N3O/c1-16-10(2-3-14-16)15-11(17)7-4-8(12)6-9(13)5-7/h2-6H,1H3,(H,15,17). The van der Waals surface area contributed by atoms with Crippen LogP contribution < -0.4 is 5.32 Å². The summed E-state index contributed by atoms with van der Waals surface area (Å²) in [6.45, 7) is 0. The van der Waals surface area contributed by atoms with Crippen LogP contribution in [0.15, 0.2) is 30.5 Å². The summed E-state index contributed by atoms with van der Waals surface area (Å²) in [6.07, 6.45) is 1.60. The summed E-state index contributed by atoms with van der Waals surface area (Å²) in [6, 6.07) is 6.38. The van der Waals surface area contributed by atoms with Crippen LogP contribution >= 0.6 is 23.2 Å². The highest BCUT2D eigenvalue weighted by atomic mass is 35.5. The zero-order chi connectivity index (χ0) is 12.4. The van der Waals surface area contributed by atoms with Crippen LogP contribution in [0.3, 0.4) is 0 Å². The molecule has 88 valence electrons. The van der Waals surface area contributed by atoms with Crippen LogP contribution in [0.5, 0.6) is 0 Å². The number of rotatable bonds is 2. The molecule has 6 heteroatoms. The summed E-state index contributed by atoms with van der Waals surface area (Å²) in [7, 11) is 1.74. The molecule has 4 nitrogen and oxygen atoms in total. The normalized spacial score (nSPS) is 10.3. The Kier molecular flexibility index (Phi) is 3.36. The minimum atomic E-state index is -0.280. The van der Waals surface area contributed by atoms with Gasteiger partial charge in [0.2, 0.25) is 0 Å². The van der Waals surface area contributed by atoms with Gasteiger partial charge in [0.1, 0.15) is 5.82 Å². The van der Waals surface area contributed by atoms with E-state index in [2.05, 4.69) is 10.4 Å². The molecule has 1 amide bonds. The third-order valence-electron chi connectivity index (χ3n) is 2.19. The van der Waals surface area contributed by atoms with Crippen LogP contribution in [0.2, 0.25) is 10.0 Å². The van der Waals surface area contributed by atoms with E-state index >= 15 is 0 Å². The number of nitrogens with zero attached hydrogens (tertiary/aromatic N) is 2. The third kappa shape index (κ3) is 2.78. The van der Waals surface area contributed by atoms with Crippen molar-refractivity contribution in [2.24, 2.45) is 7.05 Å². The number of hydrogen-bond acceptors (Lipinski definition) is 2. The molecular weight excluding hydrogens is 261 g/mol. The molecule has 0 aliphatic heterocycles. The van der Waals surface area contributed by atoms with E-state index < -0.39 is 0 Å². The molecule has 1 aromatic heterocycles. The molecule has 0 aliphatic carbocycles. The Hall–Kier alpha value is -1.52. The summed E-state index contributed by atoms with van der Waals surface area (Å²) in [5, 5.41) is 7.50.